The van der Waals surface area contributed by atoms with Gasteiger partial charge in [-0.1, -0.05) is 6.92 Å². The third kappa shape index (κ3) is 7.74. The Bertz CT molecular complexity index is 140. The van der Waals surface area contributed by atoms with Crippen LogP contribution in [0.15, 0.2) is 0 Å². The Morgan fingerprint density at radius 2 is 2.31 bits per heavy atom. The number of carbonyl (C=O) groups is 1. The first-order chi connectivity index (χ1) is 6.20. The van der Waals surface area contributed by atoms with Crippen molar-refractivity contribution in [1.82, 2.24) is 5.32 Å². The maximum absolute atomic E-state index is 11.0. The summed E-state index contributed by atoms with van der Waals surface area (Å²) >= 11 is 0. The topological polar surface area (TPSA) is 64.4 Å². The number of amides is 1. The molecule has 1 unspecified atom stereocenters. The van der Waals surface area contributed by atoms with Crippen molar-refractivity contribution in [3.8, 4) is 0 Å². The Labute approximate surface area is 79.8 Å². The maximum Gasteiger partial charge on any atom is 0.219 e. The smallest absolute Gasteiger partial charge is 0.219 e. The lowest BCUT2D eigenvalue weighted by Gasteiger charge is -2.10. The van der Waals surface area contributed by atoms with Gasteiger partial charge in [-0.05, 0) is 12.8 Å². The minimum absolute atomic E-state index is 0.0203. The quantitative estimate of drug-likeness (QED) is 0.602. The van der Waals surface area contributed by atoms with Crippen LogP contribution >= 0.6 is 0 Å². The summed E-state index contributed by atoms with van der Waals surface area (Å²) in [5.41, 5.74) is 5.67. The molecular formula is C9H20N2O2. The van der Waals surface area contributed by atoms with Gasteiger partial charge in [0, 0.05) is 26.1 Å². The SMILES string of the molecule is CCCC(=O)NCCC(N)COC. The van der Waals surface area contributed by atoms with E-state index in [9.17, 15) is 4.79 Å². The van der Waals surface area contributed by atoms with Crippen molar-refractivity contribution >= 4 is 5.91 Å². The molecule has 78 valence electrons. The summed E-state index contributed by atoms with van der Waals surface area (Å²) in [5.74, 6) is 0.104. The van der Waals surface area contributed by atoms with Crippen LogP contribution in [0.4, 0.5) is 0 Å². The van der Waals surface area contributed by atoms with E-state index in [-0.39, 0.29) is 11.9 Å². The molecule has 13 heavy (non-hydrogen) atoms. The van der Waals surface area contributed by atoms with Gasteiger partial charge in [-0.3, -0.25) is 4.79 Å². The highest BCUT2D eigenvalue weighted by Crippen LogP contribution is 1.89. The zero-order valence-electron chi connectivity index (χ0n) is 8.51. The lowest BCUT2D eigenvalue weighted by atomic mass is 10.2. The molecule has 0 aliphatic rings. The molecule has 0 saturated carbocycles. The third-order valence-corrected chi connectivity index (χ3v) is 1.70. The number of nitrogens with one attached hydrogen (secondary N) is 1. The zero-order valence-corrected chi connectivity index (χ0v) is 8.51. The number of rotatable bonds is 7. The normalized spacial score (nSPS) is 12.5. The summed E-state index contributed by atoms with van der Waals surface area (Å²) in [5, 5.41) is 2.80. The van der Waals surface area contributed by atoms with Crippen LogP contribution in [-0.2, 0) is 9.53 Å². The highest BCUT2D eigenvalue weighted by Gasteiger charge is 2.02. The van der Waals surface area contributed by atoms with Crippen molar-refractivity contribution in [3.05, 3.63) is 0 Å². The van der Waals surface area contributed by atoms with Crippen LogP contribution in [0, 0.1) is 0 Å². The van der Waals surface area contributed by atoms with Crippen LogP contribution in [-0.4, -0.2) is 32.2 Å². The molecule has 0 aliphatic heterocycles. The van der Waals surface area contributed by atoms with Crippen molar-refractivity contribution in [2.45, 2.75) is 32.2 Å². The molecule has 0 spiro atoms. The van der Waals surface area contributed by atoms with Gasteiger partial charge in [0.25, 0.3) is 0 Å². The molecule has 0 aromatic rings. The van der Waals surface area contributed by atoms with Crippen LogP contribution in [0.25, 0.3) is 0 Å². The molecule has 1 atom stereocenters. The Morgan fingerprint density at radius 1 is 1.62 bits per heavy atom. The molecule has 0 fully saturated rings. The van der Waals surface area contributed by atoms with Crippen molar-refractivity contribution in [2.75, 3.05) is 20.3 Å². The number of hydrogen-bond acceptors (Lipinski definition) is 3. The third-order valence-electron chi connectivity index (χ3n) is 1.70. The summed E-state index contributed by atoms with van der Waals surface area (Å²) < 4.78 is 4.87. The minimum atomic E-state index is 0.0203. The largest absolute Gasteiger partial charge is 0.383 e. The fourth-order valence-electron chi connectivity index (χ4n) is 1.01. The molecule has 0 rings (SSSR count). The van der Waals surface area contributed by atoms with E-state index in [1.807, 2.05) is 6.92 Å². The summed E-state index contributed by atoms with van der Waals surface area (Å²) in [6.45, 7) is 3.17. The molecule has 0 aromatic heterocycles. The van der Waals surface area contributed by atoms with Crippen molar-refractivity contribution in [2.24, 2.45) is 5.73 Å². The van der Waals surface area contributed by atoms with Gasteiger partial charge in [0.15, 0.2) is 0 Å². The van der Waals surface area contributed by atoms with Crippen molar-refractivity contribution in [3.63, 3.8) is 0 Å². The van der Waals surface area contributed by atoms with Gasteiger partial charge in [-0.2, -0.15) is 0 Å². The first kappa shape index (κ1) is 12.4. The molecular weight excluding hydrogens is 168 g/mol. The summed E-state index contributed by atoms with van der Waals surface area (Å²) in [7, 11) is 1.62. The Balaban J connectivity index is 3.28. The van der Waals surface area contributed by atoms with Crippen molar-refractivity contribution in [1.29, 1.82) is 0 Å². The van der Waals surface area contributed by atoms with E-state index in [4.69, 9.17) is 10.5 Å². The molecule has 0 heterocycles. The Morgan fingerprint density at radius 3 is 2.85 bits per heavy atom. The summed E-state index contributed by atoms with van der Waals surface area (Å²) in [6, 6.07) is 0.0203. The van der Waals surface area contributed by atoms with Crippen LogP contribution in [0.5, 0.6) is 0 Å². The molecule has 3 N–H and O–H groups in total. The van der Waals surface area contributed by atoms with E-state index in [2.05, 4.69) is 5.32 Å². The van der Waals surface area contributed by atoms with E-state index in [0.29, 0.717) is 19.6 Å². The van der Waals surface area contributed by atoms with E-state index >= 15 is 0 Å². The fraction of sp³-hybridized carbons (Fsp3) is 0.889. The molecule has 4 nitrogen and oxygen atoms in total. The first-order valence-corrected chi connectivity index (χ1v) is 4.72. The first-order valence-electron chi connectivity index (χ1n) is 4.72. The van der Waals surface area contributed by atoms with Gasteiger partial charge < -0.3 is 15.8 Å². The second-order valence-electron chi connectivity index (χ2n) is 3.10. The maximum atomic E-state index is 11.0. The van der Waals surface area contributed by atoms with Gasteiger partial charge in [0.05, 0.1) is 6.61 Å². The summed E-state index contributed by atoms with van der Waals surface area (Å²) in [4.78, 5) is 11.0. The van der Waals surface area contributed by atoms with Gasteiger partial charge in [-0.25, -0.2) is 0 Å². The molecule has 0 aromatic carbocycles. The molecule has 0 saturated heterocycles. The predicted octanol–water partition coefficient (Wildman–Crippen LogP) is 0.267. The molecule has 4 heteroatoms. The number of carbonyl (C=O) groups excluding carboxylic acids is 1. The Hall–Kier alpha value is -0.610. The zero-order chi connectivity index (χ0) is 10.1. The second kappa shape index (κ2) is 8.01. The predicted molar refractivity (Wildman–Crippen MR) is 52.4 cm³/mol. The standard InChI is InChI=1S/C9H20N2O2/c1-3-4-9(12)11-6-5-8(10)7-13-2/h8H,3-7,10H2,1-2H3,(H,11,12). The van der Waals surface area contributed by atoms with E-state index in [1.165, 1.54) is 0 Å². The number of nitrogens with two attached hydrogens (primary N) is 1. The Kier molecular flexibility index (Phi) is 7.63. The van der Waals surface area contributed by atoms with E-state index in [1.54, 1.807) is 7.11 Å². The monoisotopic (exact) mass is 188 g/mol. The van der Waals surface area contributed by atoms with Crippen LogP contribution < -0.4 is 11.1 Å². The lowest BCUT2D eigenvalue weighted by Crippen LogP contribution is -2.32. The fourth-order valence-corrected chi connectivity index (χ4v) is 1.01. The van der Waals surface area contributed by atoms with Crippen LogP contribution in [0.2, 0.25) is 0 Å². The molecule has 0 bridgehead atoms. The van der Waals surface area contributed by atoms with Crippen molar-refractivity contribution < 1.29 is 9.53 Å². The molecule has 0 radical (unpaired) electrons. The highest BCUT2D eigenvalue weighted by molar-refractivity contribution is 5.75. The highest BCUT2D eigenvalue weighted by atomic mass is 16.5. The van der Waals surface area contributed by atoms with Crippen LogP contribution in [0.3, 0.4) is 0 Å². The average molecular weight is 188 g/mol. The van der Waals surface area contributed by atoms with Gasteiger partial charge >= 0.3 is 0 Å². The number of hydrogen-bond donors (Lipinski definition) is 2. The van der Waals surface area contributed by atoms with Gasteiger partial charge in [0.2, 0.25) is 5.91 Å². The average Bonchev–Trinajstić information content (AvgIpc) is 2.05. The van der Waals surface area contributed by atoms with E-state index < -0.39 is 0 Å². The second-order valence-corrected chi connectivity index (χ2v) is 3.10. The number of methoxy groups -OCH3 is 1. The van der Waals surface area contributed by atoms with E-state index in [0.717, 1.165) is 12.8 Å². The lowest BCUT2D eigenvalue weighted by molar-refractivity contribution is -0.121. The molecule has 0 aliphatic carbocycles. The van der Waals surface area contributed by atoms with Gasteiger partial charge in [0.1, 0.15) is 0 Å². The number of ether oxygens (including phenoxy) is 1. The van der Waals surface area contributed by atoms with Gasteiger partial charge in [-0.15, -0.1) is 0 Å². The minimum Gasteiger partial charge on any atom is -0.383 e. The summed E-state index contributed by atoms with van der Waals surface area (Å²) in [6.07, 6.45) is 2.25. The molecule has 1 amide bonds. The van der Waals surface area contributed by atoms with Crippen LogP contribution in [0.1, 0.15) is 26.2 Å².